The van der Waals surface area contributed by atoms with Crippen LogP contribution in [0.25, 0.3) is 0 Å². The number of hydrogen-bond donors (Lipinski definition) is 1. The molecule has 0 saturated carbocycles. The highest BCUT2D eigenvalue weighted by Gasteiger charge is 2.02. The molecular formula is C17H18BrNO2S. The lowest BCUT2D eigenvalue weighted by Gasteiger charge is -2.07. The van der Waals surface area contributed by atoms with Gasteiger partial charge in [-0.1, -0.05) is 40.2 Å². The number of ether oxygens (including phenoxy) is 1. The van der Waals surface area contributed by atoms with Gasteiger partial charge in [0, 0.05) is 15.9 Å². The summed E-state index contributed by atoms with van der Waals surface area (Å²) >= 11 is 5.16. The molecule has 0 aromatic heterocycles. The average molecular weight is 380 g/mol. The first-order valence-corrected chi connectivity index (χ1v) is 8.85. The second-order valence-electron chi connectivity index (χ2n) is 4.61. The standard InChI is InChI=1S/C17H18BrNO2S/c18-14-6-4-7-15(12-14)21-13-17(20)19-10-5-11-22-16-8-2-1-3-9-16/h1-4,6-9,12H,5,10-11,13H2,(H,19,20). The Kier molecular flexibility index (Phi) is 7.33. The smallest absolute Gasteiger partial charge is 0.257 e. The maximum Gasteiger partial charge on any atom is 0.257 e. The molecule has 0 radical (unpaired) electrons. The molecule has 0 unspecified atom stereocenters. The summed E-state index contributed by atoms with van der Waals surface area (Å²) in [5, 5.41) is 2.86. The highest BCUT2D eigenvalue weighted by Crippen LogP contribution is 2.18. The van der Waals surface area contributed by atoms with Gasteiger partial charge in [-0.05, 0) is 42.5 Å². The van der Waals surface area contributed by atoms with Crippen LogP contribution in [0, 0.1) is 0 Å². The highest BCUT2D eigenvalue weighted by molar-refractivity contribution is 9.10. The second-order valence-corrected chi connectivity index (χ2v) is 6.70. The zero-order valence-electron chi connectivity index (χ0n) is 12.1. The fourth-order valence-electron chi connectivity index (χ4n) is 1.76. The first-order chi connectivity index (χ1) is 10.7. The zero-order chi connectivity index (χ0) is 15.6. The molecule has 0 bridgehead atoms. The molecule has 2 rings (SSSR count). The van der Waals surface area contributed by atoms with Crippen molar-refractivity contribution in [3.63, 3.8) is 0 Å². The van der Waals surface area contributed by atoms with Gasteiger partial charge < -0.3 is 10.1 Å². The summed E-state index contributed by atoms with van der Waals surface area (Å²) in [7, 11) is 0. The summed E-state index contributed by atoms with van der Waals surface area (Å²) in [4.78, 5) is 12.9. The number of rotatable bonds is 8. The number of amides is 1. The topological polar surface area (TPSA) is 38.3 Å². The average Bonchev–Trinajstić information content (AvgIpc) is 2.54. The Balaban J connectivity index is 1.56. The first kappa shape index (κ1) is 16.9. The fourth-order valence-corrected chi connectivity index (χ4v) is 3.02. The van der Waals surface area contributed by atoms with E-state index in [9.17, 15) is 4.79 Å². The lowest BCUT2D eigenvalue weighted by Crippen LogP contribution is -2.29. The van der Waals surface area contributed by atoms with Gasteiger partial charge in [0.1, 0.15) is 5.75 Å². The van der Waals surface area contributed by atoms with E-state index < -0.39 is 0 Å². The van der Waals surface area contributed by atoms with Crippen molar-refractivity contribution in [2.24, 2.45) is 0 Å². The van der Waals surface area contributed by atoms with Crippen LogP contribution in [0.5, 0.6) is 5.75 Å². The van der Waals surface area contributed by atoms with Gasteiger partial charge in [-0.3, -0.25) is 4.79 Å². The lowest BCUT2D eigenvalue weighted by molar-refractivity contribution is -0.123. The van der Waals surface area contributed by atoms with Crippen LogP contribution in [0.2, 0.25) is 0 Å². The Labute approximate surface area is 143 Å². The zero-order valence-corrected chi connectivity index (χ0v) is 14.5. The van der Waals surface area contributed by atoms with Gasteiger partial charge in [0.25, 0.3) is 5.91 Å². The Hall–Kier alpha value is -1.46. The van der Waals surface area contributed by atoms with Gasteiger partial charge >= 0.3 is 0 Å². The van der Waals surface area contributed by atoms with Crippen molar-refractivity contribution < 1.29 is 9.53 Å². The van der Waals surface area contributed by atoms with Gasteiger partial charge in [0.05, 0.1) is 0 Å². The van der Waals surface area contributed by atoms with E-state index in [1.54, 1.807) is 11.8 Å². The molecule has 22 heavy (non-hydrogen) atoms. The van der Waals surface area contributed by atoms with Crippen LogP contribution in [-0.2, 0) is 4.79 Å². The molecule has 2 aromatic carbocycles. The number of carbonyl (C=O) groups excluding carboxylic acids is 1. The lowest BCUT2D eigenvalue weighted by atomic mass is 10.3. The minimum absolute atomic E-state index is 0.0439. The molecule has 0 atom stereocenters. The van der Waals surface area contributed by atoms with Crippen LogP contribution in [0.3, 0.4) is 0 Å². The van der Waals surface area contributed by atoms with Crippen molar-refractivity contribution in [2.75, 3.05) is 18.9 Å². The van der Waals surface area contributed by atoms with Crippen LogP contribution >= 0.6 is 27.7 Å². The minimum atomic E-state index is -0.0929. The monoisotopic (exact) mass is 379 g/mol. The van der Waals surface area contributed by atoms with Crippen LogP contribution in [0.15, 0.2) is 64.0 Å². The van der Waals surface area contributed by atoms with Gasteiger partial charge in [-0.2, -0.15) is 0 Å². The molecule has 0 heterocycles. The number of nitrogens with one attached hydrogen (secondary N) is 1. The maximum absolute atomic E-state index is 11.7. The summed E-state index contributed by atoms with van der Waals surface area (Å²) in [6.45, 7) is 0.711. The number of carbonyl (C=O) groups is 1. The molecular weight excluding hydrogens is 362 g/mol. The first-order valence-electron chi connectivity index (χ1n) is 7.07. The largest absolute Gasteiger partial charge is 0.484 e. The molecule has 1 N–H and O–H groups in total. The second kappa shape index (κ2) is 9.54. The number of halogens is 1. The van der Waals surface area contributed by atoms with E-state index in [0.717, 1.165) is 16.6 Å². The van der Waals surface area contributed by atoms with Crippen LogP contribution in [-0.4, -0.2) is 24.8 Å². The van der Waals surface area contributed by atoms with Crippen LogP contribution in [0.1, 0.15) is 6.42 Å². The fraction of sp³-hybridized carbons (Fsp3) is 0.235. The van der Waals surface area contributed by atoms with Gasteiger partial charge in [0.2, 0.25) is 0 Å². The Morgan fingerprint density at radius 1 is 1.14 bits per heavy atom. The quantitative estimate of drug-likeness (QED) is 0.553. The third-order valence-electron chi connectivity index (χ3n) is 2.82. The third-order valence-corrected chi connectivity index (χ3v) is 4.41. The van der Waals surface area contributed by atoms with Crippen molar-refractivity contribution in [2.45, 2.75) is 11.3 Å². The maximum atomic E-state index is 11.7. The molecule has 0 aliphatic carbocycles. The molecule has 0 aliphatic heterocycles. The predicted octanol–water partition coefficient (Wildman–Crippen LogP) is 4.13. The Bertz CT molecular complexity index is 592. The normalized spacial score (nSPS) is 10.2. The summed E-state index contributed by atoms with van der Waals surface area (Å²) in [6, 6.07) is 17.7. The van der Waals surface area contributed by atoms with Gasteiger partial charge in [0.15, 0.2) is 6.61 Å². The molecule has 2 aromatic rings. The molecule has 0 aliphatic rings. The van der Waals surface area contributed by atoms with E-state index in [-0.39, 0.29) is 12.5 Å². The van der Waals surface area contributed by atoms with Crippen LogP contribution < -0.4 is 10.1 Å². The molecule has 0 fully saturated rings. The van der Waals surface area contributed by atoms with Crippen molar-refractivity contribution in [3.05, 3.63) is 59.1 Å². The van der Waals surface area contributed by atoms with E-state index in [4.69, 9.17) is 4.74 Å². The highest BCUT2D eigenvalue weighted by atomic mass is 79.9. The van der Waals surface area contributed by atoms with E-state index >= 15 is 0 Å². The molecule has 1 amide bonds. The number of thioether (sulfide) groups is 1. The molecule has 116 valence electrons. The summed E-state index contributed by atoms with van der Waals surface area (Å²) in [5.74, 6) is 1.57. The van der Waals surface area contributed by atoms with Crippen molar-refractivity contribution in [1.82, 2.24) is 5.32 Å². The number of benzene rings is 2. The summed E-state index contributed by atoms with van der Waals surface area (Å²) < 4.78 is 6.36. The molecule has 0 saturated heterocycles. The van der Waals surface area contributed by atoms with Crippen molar-refractivity contribution in [3.8, 4) is 5.75 Å². The predicted molar refractivity (Wildman–Crippen MR) is 94.4 cm³/mol. The van der Waals surface area contributed by atoms with Crippen molar-refractivity contribution in [1.29, 1.82) is 0 Å². The molecule has 3 nitrogen and oxygen atoms in total. The van der Waals surface area contributed by atoms with E-state index in [1.807, 2.05) is 42.5 Å². The van der Waals surface area contributed by atoms with Crippen molar-refractivity contribution >= 4 is 33.6 Å². The van der Waals surface area contributed by atoms with Crippen LogP contribution in [0.4, 0.5) is 0 Å². The van der Waals surface area contributed by atoms with E-state index in [1.165, 1.54) is 4.90 Å². The SMILES string of the molecule is O=C(COc1cccc(Br)c1)NCCCSc1ccccc1. The Morgan fingerprint density at radius 3 is 2.73 bits per heavy atom. The van der Waals surface area contributed by atoms with E-state index in [0.29, 0.717) is 12.3 Å². The minimum Gasteiger partial charge on any atom is -0.484 e. The van der Waals surface area contributed by atoms with Gasteiger partial charge in [-0.15, -0.1) is 11.8 Å². The van der Waals surface area contributed by atoms with E-state index in [2.05, 4.69) is 33.4 Å². The summed E-state index contributed by atoms with van der Waals surface area (Å²) in [5.41, 5.74) is 0. The van der Waals surface area contributed by atoms with Gasteiger partial charge in [-0.25, -0.2) is 0 Å². The molecule has 0 spiro atoms. The summed E-state index contributed by atoms with van der Waals surface area (Å²) in [6.07, 6.45) is 0.933. The third kappa shape index (κ3) is 6.54. The number of hydrogen-bond acceptors (Lipinski definition) is 3. The Morgan fingerprint density at radius 2 is 1.95 bits per heavy atom. The molecule has 5 heteroatoms.